The first-order valence-corrected chi connectivity index (χ1v) is 6.50. The number of carbonyl (C=O) groups is 1. The number of rotatable bonds is 4. The van der Waals surface area contributed by atoms with E-state index in [4.69, 9.17) is 9.47 Å². The highest BCUT2D eigenvalue weighted by atomic mass is 16.5. The molecule has 0 amide bonds. The van der Waals surface area contributed by atoms with E-state index in [0.29, 0.717) is 12.2 Å². The summed E-state index contributed by atoms with van der Waals surface area (Å²) in [5.74, 6) is 0.428. The van der Waals surface area contributed by atoms with Crippen LogP contribution in [0.25, 0.3) is 5.65 Å². The molecular weight excluding hydrogens is 268 g/mol. The summed E-state index contributed by atoms with van der Waals surface area (Å²) in [5.41, 5.74) is 2.04. The lowest BCUT2D eigenvalue weighted by Gasteiger charge is -2.02. The molecular formula is C16H14N2O3. The van der Waals surface area contributed by atoms with Gasteiger partial charge in [0, 0.05) is 12.4 Å². The summed E-state index contributed by atoms with van der Waals surface area (Å²) < 4.78 is 12.1. The molecule has 0 saturated heterocycles. The van der Waals surface area contributed by atoms with E-state index in [1.807, 2.05) is 36.5 Å². The van der Waals surface area contributed by atoms with Crippen LogP contribution in [0.5, 0.6) is 5.75 Å². The zero-order valence-corrected chi connectivity index (χ0v) is 11.5. The van der Waals surface area contributed by atoms with Gasteiger partial charge in [-0.15, -0.1) is 0 Å². The van der Waals surface area contributed by atoms with E-state index in [1.54, 1.807) is 22.7 Å². The van der Waals surface area contributed by atoms with Gasteiger partial charge in [-0.05, 0) is 24.3 Å². The molecule has 0 aliphatic carbocycles. The van der Waals surface area contributed by atoms with E-state index in [0.717, 1.165) is 17.1 Å². The SMILES string of the molecule is COC(=O)c1ccc2nc(COc3ccccc3)cn2c1. The van der Waals surface area contributed by atoms with Crippen molar-refractivity contribution in [1.82, 2.24) is 9.38 Å². The fraction of sp³-hybridized carbons (Fsp3) is 0.125. The summed E-state index contributed by atoms with van der Waals surface area (Å²) in [6.45, 7) is 0.374. The molecule has 0 atom stereocenters. The standard InChI is InChI=1S/C16H14N2O3/c1-20-16(19)12-7-8-15-17-13(10-18(15)9-12)11-21-14-5-3-2-4-6-14/h2-10H,11H2,1H3. The molecule has 1 aromatic carbocycles. The Morgan fingerprint density at radius 2 is 1.95 bits per heavy atom. The van der Waals surface area contributed by atoms with Crippen molar-refractivity contribution in [2.24, 2.45) is 0 Å². The molecule has 2 heterocycles. The van der Waals surface area contributed by atoms with E-state index < -0.39 is 0 Å². The maximum Gasteiger partial charge on any atom is 0.339 e. The molecule has 106 valence electrons. The lowest BCUT2D eigenvalue weighted by atomic mass is 10.3. The predicted molar refractivity (Wildman–Crippen MR) is 77.3 cm³/mol. The lowest BCUT2D eigenvalue weighted by Crippen LogP contribution is -2.02. The quantitative estimate of drug-likeness (QED) is 0.690. The van der Waals surface area contributed by atoms with Crippen LogP contribution >= 0.6 is 0 Å². The molecule has 21 heavy (non-hydrogen) atoms. The molecule has 0 bridgehead atoms. The second-order valence-corrected chi connectivity index (χ2v) is 4.51. The van der Waals surface area contributed by atoms with Gasteiger partial charge >= 0.3 is 5.97 Å². The topological polar surface area (TPSA) is 52.8 Å². The molecule has 3 aromatic rings. The minimum atomic E-state index is -0.368. The van der Waals surface area contributed by atoms with Gasteiger partial charge in [-0.1, -0.05) is 18.2 Å². The summed E-state index contributed by atoms with van der Waals surface area (Å²) in [6, 6.07) is 13.0. The fourth-order valence-corrected chi connectivity index (χ4v) is 2.03. The number of pyridine rings is 1. The fourth-order valence-electron chi connectivity index (χ4n) is 2.03. The third-order valence-corrected chi connectivity index (χ3v) is 3.05. The zero-order valence-electron chi connectivity index (χ0n) is 11.5. The monoisotopic (exact) mass is 282 g/mol. The highest BCUT2D eigenvalue weighted by molar-refractivity contribution is 5.89. The van der Waals surface area contributed by atoms with E-state index in [9.17, 15) is 4.79 Å². The van der Waals surface area contributed by atoms with Gasteiger partial charge < -0.3 is 13.9 Å². The van der Waals surface area contributed by atoms with Gasteiger partial charge in [-0.25, -0.2) is 9.78 Å². The number of imidazole rings is 1. The molecule has 0 N–H and O–H groups in total. The highest BCUT2D eigenvalue weighted by Gasteiger charge is 2.08. The molecule has 0 saturated carbocycles. The third kappa shape index (κ3) is 2.86. The van der Waals surface area contributed by atoms with Gasteiger partial charge in [0.05, 0.1) is 18.4 Å². The number of nitrogens with zero attached hydrogens (tertiary/aromatic N) is 2. The number of esters is 1. The van der Waals surface area contributed by atoms with Crippen molar-refractivity contribution < 1.29 is 14.3 Å². The smallest absolute Gasteiger partial charge is 0.339 e. The first-order chi connectivity index (χ1) is 10.3. The molecule has 0 aliphatic heterocycles. The van der Waals surface area contributed by atoms with Gasteiger partial charge in [0.15, 0.2) is 0 Å². The van der Waals surface area contributed by atoms with Crippen LogP contribution in [0.15, 0.2) is 54.9 Å². The van der Waals surface area contributed by atoms with Gasteiger partial charge in [0.25, 0.3) is 0 Å². The second-order valence-electron chi connectivity index (χ2n) is 4.51. The normalized spacial score (nSPS) is 10.5. The van der Waals surface area contributed by atoms with E-state index in [1.165, 1.54) is 7.11 Å². The Hall–Kier alpha value is -2.82. The summed E-state index contributed by atoms with van der Waals surface area (Å²) in [7, 11) is 1.36. The van der Waals surface area contributed by atoms with Crippen molar-refractivity contribution in [3.05, 3.63) is 66.1 Å². The Kier molecular flexibility index (Phi) is 3.55. The first kappa shape index (κ1) is 13.2. The minimum Gasteiger partial charge on any atom is -0.487 e. The molecule has 0 spiro atoms. The number of aromatic nitrogens is 2. The van der Waals surface area contributed by atoms with Crippen LogP contribution < -0.4 is 4.74 Å². The van der Waals surface area contributed by atoms with Crippen LogP contribution in [-0.4, -0.2) is 22.5 Å². The summed E-state index contributed by atoms with van der Waals surface area (Å²) >= 11 is 0. The number of hydrogen-bond donors (Lipinski definition) is 0. The molecule has 0 fully saturated rings. The van der Waals surface area contributed by atoms with Gasteiger partial charge in [0.2, 0.25) is 0 Å². The molecule has 5 nitrogen and oxygen atoms in total. The molecule has 0 radical (unpaired) electrons. The maximum absolute atomic E-state index is 11.5. The molecule has 2 aromatic heterocycles. The van der Waals surface area contributed by atoms with Crippen LogP contribution in [-0.2, 0) is 11.3 Å². The van der Waals surface area contributed by atoms with Crippen molar-refractivity contribution in [2.45, 2.75) is 6.61 Å². The largest absolute Gasteiger partial charge is 0.487 e. The highest BCUT2D eigenvalue weighted by Crippen LogP contribution is 2.13. The lowest BCUT2D eigenvalue weighted by molar-refractivity contribution is 0.0600. The van der Waals surface area contributed by atoms with E-state index in [2.05, 4.69) is 4.98 Å². The van der Waals surface area contributed by atoms with E-state index >= 15 is 0 Å². The van der Waals surface area contributed by atoms with E-state index in [-0.39, 0.29) is 5.97 Å². The number of benzene rings is 1. The summed E-state index contributed by atoms with van der Waals surface area (Å²) in [6.07, 6.45) is 3.53. The Morgan fingerprint density at radius 3 is 2.71 bits per heavy atom. The van der Waals surface area contributed by atoms with Gasteiger partial charge in [0.1, 0.15) is 18.0 Å². The van der Waals surface area contributed by atoms with Crippen molar-refractivity contribution in [2.75, 3.05) is 7.11 Å². The van der Waals surface area contributed by atoms with Crippen molar-refractivity contribution in [3.8, 4) is 5.75 Å². The summed E-state index contributed by atoms with van der Waals surface area (Å²) in [5, 5.41) is 0. The first-order valence-electron chi connectivity index (χ1n) is 6.50. The van der Waals surface area contributed by atoms with Crippen molar-refractivity contribution in [1.29, 1.82) is 0 Å². The molecule has 5 heteroatoms. The van der Waals surface area contributed by atoms with Gasteiger partial charge in [-0.3, -0.25) is 0 Å². The Morgan fingerprint density at radius 1 is 1.14 bits per heavy atom. The Labute approximate surface area is 121 Å². The summed E-state index contributed by atoms with van der Waals surface area (Å²) in [4.78, 5) is 15.9. The average molecular weight is 282 g/mol. The van der Waals surface area contributed by atoms with Crippen LogP contribution in [0.1, 0.15) is 16.1 Å². The van der Waals surface area contributed by atoms with Gasteiger partial charge in [-0.2, -0.15) is 0 Å². The second kappa shape index (κ2) is 5.66. The molecule has 0 unspecified atom stereocenters. The third-order valence-electron chi connectivity index (χ3n) is 3.05. The van der Waals surface area contributed by atoms with Crippen LogP contribution in [0, 0.1) is 0 Å². The maximum atomic E-state index is 11.5. The predicted octanol–water partition coefficient (Wildman–Crippen LogP) is 2.70. The Bertz CT molecular complexity index is 766. The number of fused-ring (bicyclic) bond motifs is 1. The van der Waals surface area contributed by atoms with Crippen molar-refractivity contribution >= 4 is 11.6 Å². The van der Waals surface area contributed by atoms with Crippen molar-refractivity contribution in [3.63, 3.8) is 0 Å². The van der Waals surface area contributed by atoms with Crippen LogP contribution in [0.4, 0.5) is 0 Å². The number of carbonyl (C=O) groups excluding carboxylic acids is 1. The minimum absolute atomic E-state index is 0.368. The zero-order chi connectivity index (χ0) is 14.7. The number of hydrogen-bond acceptors (Lipinski definition) is 4. The number of para-hydroxylation sites is 1. The number of ether oxygens (including phenoxy) is 2. The van der Waals surface area contributed by atoms with Crippen LogP contribution in [0.3, 0.4) is 0 Å². The Balaban J connectivity index is 1.79. The molecule has 0 aliphatic rings. The number of methoxy groups -OCH3 is 1. The van der Waals surface area contributed by atoms with Crippen LogP contribution in [0.2, 0.25) is 0 Å². The molecule has 3 rings (SSSR count). The average Bonchev–Trinajstić information content (AvgIpc) is 2.95.